The third-order valence-electron chi connectivity index (χ3n) is 2.84. The summed E-state index contributed by atoms with van der Waals surface area (Å²) >= 11 is 0. The lowest BCUT2D eigenvalue weighted by Crippen LogP contribution is -2.39. The number of benzene rings is 1. The Bertz CT molecular complexity index is 453. The van der Waals surface area contributed by atoms with E-state index in [9.17, 15) is 8.78 Å². The van der Waals surface area contributed by atoms with Gasteiger partial charge in [-0.15, -0.1) is 0 Å². The molecular formula is C15H23F2N3O. The van der Waals surface area contributed by atoms with Crippen molar-refractivity contribution in [2.75, 3.05) is 26.7 Å². The van der Waals surface area contributed by atoms with Gasteiger partial charge in [-0.2, -0.15) is 0 Å². The van der Waals surface area contributed by atoms with Crippen LogP contribution in [0.4, 0.5) is 8.78 Å². The summed E-state index contributed by atoms with van der Waals surface area (Å²) < 4.78 is 31.3. The Morgan fingerprint density at radius 2 is 1.95 bits per heavy atom. The molecule has 6 heteroatoms. The number of guanidine groups is 1. The van der Waals surface area contributed by atoms with Gasteiger partial charge in [0.1, 0.15) is 12.4 Å². The number of ether oxygens (including phenoxy) is 1. The zero-order valence-corrected chi connectivity index (χ0v) is 12.6. The molecule has 0 aromatic heterocycles. The van der Waals surface area contributed by atoms with Crippen LogP contribution in [-0.2, 0) is 0 Å². The molecule has 4 nitrogen and oxygen atoms in total. The lowest BCUT2D eigenvalue weighted by Gasteiger charge is -2.12. The minimum atomic E-state index is -0.697. The number of unbranched alkanes of at least 4 members (excludes halogenated alkanes) is 2. The van der Waals surface area contributed by atoms with Crippen LogP contribution >= 0.6 is 0 Å². The van der Waals surface area contributed by atoms with Gasteiger partial charge < -0.3 is 15.4 Å². The molecule has 0 fully saturated rings. The van der Waals surface area contributed by atoms with E-state index in [-0.39, 0.29) is 12.4 Å². The molecule has 0 saturated carbocycles. The normalized spacial score (nSPS) is 11.3. The Balaban J connectivity index is 2.22. The molecule has 0 saturated heterocycles. The standard InChI is InChI=1S/C15H23F2N3O/c1-3-4-5-8-19-15(18-2)20-9-10-21-14-7-6-12(16)11-13(14)17/h6-7,11H,3-5,8-10H2,1-2H3,(H2,18,19,20). The monoisotopic (exact) mass is 299 g/mol. The minimum absolute atomic E-state index is 0.0455. The van der Waals surface area contributed by atoms with Crippen LogP contribution in [0.2, 0.25) is 0 Å². The van der Waals surface area contributed by atoms with Crippen LogP contribution in [-0.4, -0.2) is 32.7 Å². The Morgan fingerprint density at radius 3 is 2.62 bits per heavy atom. The molecule has 1 rings (SSSR count). The number of nitrogens with zero attached hydrogens (tertiary/aromatic N) is 1. The molecule has 0 unspecified atom stereocenters. The lowest BCUT2D eigenvalue weighted by atomic mass is 10.2. The summed E-state index contributed by atoms with van der Waals surface area (Å²) in [7, 11) is 1.69. The second-order valence-corrected chi connectivity index (χ2v) is 4.56. The summed E-state index contributed by atoms with van der Waals surface area (Å²) in [6.45, 7) is 3.75. The summed E-state index contributed by atoms with van der Waals surface area (Å²) in [6.07, 6.45) is 3.44. The first-order valence-electron chi connectivity index (χ1n) is 7.19. The number of hydrogen-bond donors (Lipinski definition) is 2. The molecule has 0 aliphatic carbocycles. The van der Waals surface area contributed by atoms with Crippen LogP contribution in [0, 0.1) is 11.6 Å². The molecule has 118 valence electrons. The summed E-state index contributed by atoms with van der Waals surface area (Å²) in [5.74, 6) is -0.579. The molecule has 0 atom stereocenters. The van der Waals surface area contributed by atoms with Crippen molar-refractivity contribution in [2.45, 2.75) is 26.2 Å². The molecule has 0 aliphatic heterocycles. The molecule has 0 radical (unpaired) electrons. The van der Waals surface area contributed by atoms with Gasteiger partial charge in [-0.3, -0.25) is 4.99 Å². The van der Waals surface area contributed by atoms with Gasteiger partial charge in [-0.05, 0) is 18.6 Å². The maximum Gasteiger partial charge on any atom is 0.191 e. The second-order valence-electron chi connectivity index (χ2n) is 4.56. The molecule has 0 amide bonds. The van der Waals surface area contributed by atoms with Gasteiger partial charge in [-0.1, -0.05) is 19.8 Å². The summed E-state index contributed by atoms with van der Waals surface area (Å²) in [5, 5.41) is 6.25. The van der Waals surface area contributed by atoms with E-state index < -0.39 is 11.6 Å². The Labute approximate surface area is 124 Å². The van der Waals surface area contributed by atoms with Gasteiger partial charge >= 0.3 is 0 Å². The van der Waals surface area contributed by atoms with Crippen molar-refractivity contribution in [3.8, 4) is 5.75 Å². The third-order valence-corrected chi connectivity index (χ3v) is 2.84. The highest BCUT2D eigenvalue weighted by atomic mass is 19.1. The van der Waals surface area contributed by atoms with Gasteiger partial charge in [-0.25, -0.2) is 8.78 Å². The smallest absolute Gasteiger partial charge is 0.191 e. The average Bonchev–Trinajstić information content (AvgIpc) is 2.47. The maximum atomic E-state index is 13.3. The first-order chi connectivity index (χ1) is 10.2. The minimum Gasteiger partial charge on any atom is -0.489 e. The second kappa shape index (κ2) is 9.96. The van der Waals surface area contributed by atoms with Crippen LogP contribution in [0.5, 0.6) is 5.75 Å². The van der Waals surface area contributed by atoms with E-state index >= 15 is 0 Å². The predicted molar refractivity (Wildman–Crippen MR) is 80.7 cm³/mol. The largest absolute Gasteiger partial charge is 0.489 e. The summed E-state index contributed by atoms with van der Waals surface area (Å²) in [5.41, 5.74) is 0. The number of rotatable bonds is 8. The number of aliphatic imine (C=N–C) groups is 1. The van der Waals surface area contributed by atoms with Crippen LogP contribution in [0.1, 0.15) is 26.2 Å². The highest BCUT2D eigenvalue weighted by Crippen LogP contribution is 2.17. The van der Waals surface area contributed by atoms with Gasteiger partial charge in [0.15, 0.2) is 17.5 Å². The van der Waals surface area contributed by atoms with Crippen molar-refractivity contribution in [1.82, 2.24) is 10.6 Å². The first kappa shape index (κ1) is 17.2. The quantitative estimate of drug-likeness (QED) is 0.441. The van der Waals surface area contributed by atoms with Gasteiger partial charge in [0.25, 0.3) is 0 Å². The first-order valence-corrected chi connectivity index (χ1v) is 7.19. The van der Waals surface area contributed by atoms with E-state index in [0.717, 1.165) is 19.0 Å². The van der Waals surface area contributed by atoms with Crippen LogP contribution in [0.3, 0.4) is 0 Å². The number of hydrogen-bond acceptors (Lipinski definition) is 2. The highest BCUT2D eigenvalue weighted by Gasteiger charge is 2.04. The zero-order chi connectivity index (χ0) is 15.5. The van der Waals surface area contributed by atoms with Crippen LogP contribution < -0.4 is 15.4 Å². The molecule has 0 aliphatic rings. The van der Waals surface area contributed by atoms with Gasteiger partial charge in [0, 0.05) is 19.7 Å². The molecule has 1 aromatic carbocycles. The third kappa shape index (κ3) is 6.92. The van der Waals surface area contributed by atoms with Crippen molar-refractivity contribution >= 4 is 5.96 Å². The fourth-order valence-corrected chi connectivity index (χ4v) is 1.73. The average molecular weight is 299 g/mol. The van der Waals surface area contributed by atoms with Crippen molar-refractivity contribution < 1.29 is 13.5 Å². The predicted octanol–water partition coefficient (Wildman–Crippen LogP) is 2.70. The van der Waals surface area contributed by atoms with Crippen LogP contribution in [0.15, 0.2) is 23.2 Å². The Morgan fingerprint density at radius 1 is 1.19 bits per heavy atom. The Kier molecular flexibility index (Phi) is 8.16. The molecule has 0 heterocycles. The summed E-state index contributed by atoms with van der Waals surface area (Å²) in [6, 6.07) is 3.25. The fourth-order valence-electron chi connectivity index (χ4n) is 1.73. The van der Waals surface area contributed by atoms with E-state index in [1.165, 1.54) is 25.0 Å². The highest BCUT2D eigenvalue weighted by molar-refractivity contribution is 5.79. The van der Waals surface area contributed by atoms with Crippen molar-refractivity contribution in [2.24, 2.45) is 4.99 Å². The SMILES string of the molecule is CCCCCNC(=NC)NCCOc1ccc(F)cc1F. The topological polar surface area (TPSA) is 45.7 Å². The molecule has 2 N–H and O–H groups in total. The number of nitrogens with one attached hydrogen (secondary N) is 2. The van der Waals surface area contributed by atoms with Gasteiger partial charge in [0.2, 0.25) is 0 Å². The van der Waals surface area contributed by atoms with E-state index in [1.54, 1.807) is 7.05 Å². The molecule has 1 aromatic rings. The van der Waals surface area contributed by atoms with Crippen LogP contribution in [0.25, 0.3) is 0 Å². The zero-order valence-electron chi connectivity index (χ0n) is 12.6. The van der Waals surface area contributed by atoms with Gasteiger partial charge in [0.05, 0.1) is 6.54 Å². The van der Waals surface area contributed by atoms with E-state index in [2.05, 4.69) is 22.5 Å². The van der Waals surface area contributed by atoms with E-state index in [1.807, 2.05) is 0 Å². The molecule has 21 heavy (non-hydrogen) atoms. The fraction of sp³-hybridized carbons (Fsp3) is 0.533. The Hall–Kier alpha value is -1.85. The van der Waals surface area contributed by atoms with Crippen molar-refractivity contribution in [3.63, 3.8) is 0 Å². The molecule has 0 spiro atoms. The van der Waals surface area contributed by atoms with Crippen molar-refractivity contribution in [1.29, 1.82) is 0 Å². The molecule has 0 bridgehead atoms. The van der Waals surface area contributed by atoms with E-state index in [4.69, 9.17) is 4.74 Å². The maximum absolute atomic E-state index is 13.3. The lowest BCUT2D eigenvalue weighted by molar-refractivity contribution is 0.304. The molecular weight excluding hydrogens is 276 g/mol. The summed E-state index contributed by atoms with van der Waals surface area (Å²) in [4.78, 5) is 4.07. The number of halogens is 2. The van der Waals surface area contributed by atoms with E-state index in [0.29, 0.717) is 12.5 Å². The van der Waals surface area contributed by atoms with Crippen molar-refractivity contribution in [3.05, 3.63) is 29.8 Å².